The zero-order valence-corrected chi connectivity index (χ0v) is 13.9. The summed E-state index contributed by atoms with van der Waals surface area (Å²) < 4.78 is 11.4. The summed E-state index contributed by atoms with van der Waals surface area (Å²) in [4.78, 5) is 17.0. The Morgan fingerprint density at radius 1 is 1.33 bits per heavy atom. The van der Waals surface area contributed by atoms with Crippen molar-refractivity contribution >= 4 is 5.97 Å². The summed E-state index contributed by atoms with van der Waals surface area (Å²) >= 11 is 0. The molecule has 0 N–H and O–H groups in total. The van der Waals surface area contributed by atoms with Gasteiger partial charge in [0, 0.05) is 19.6 Å². The monoisotopic (exact) mass is 298 g/mol. The summed E-state index contributed by atoms with van der Waals surface area (Å²) in [7, 11) is 0. The molecule has 5 nitrogen and oxygen atoms in total. The number of hydrogen-bond donors (Lipinski definition) is 0. The lowest BCUT2D eigenvalue weighted by molar-refractivity contribution is -0.161. The van der Waals surface area contributed by atoms with E-state index < -0.39 is 5.60 Å². The minimum Gasteiger partial charge on any atom is -0.459 e. The molecule has 0 aliphatic carbocycles. The summed E-state index contributed by atoms with van der Waals surface area (Å²) in [5.74, 6) is -0.0804. The summed E-state index contributed by atoms with van der Waals surface area (Å²) in [6.07, 6.45) is 2.18. The highest BCUT2D eigenvalue weighted by atomic mass is 16.6. The third kappa shape index (κ3) is 4.94. The summed E-state index contributed by atoms with van der Waals surface area (Å²) in [6.45, 7) is 13.6. The molecule has 2 atom stereocenters. The Morgan fingerprint density at radius 3 is 2.76 bits per heavy atom. The quantitative estimate of drug-likeness (QED) is 0.736. The molecule has 0 radical (unpaired) electrons. The molecule has 1 unspecified atom stereocenters. The van der Waals surface area contributed by atoms with Gasteiger partial charge in [0.25, 0.3) is 0 Å². The van der Waals surface area contributed by atoms with E-state index in [0.717, 1.165) is 52.2 Å². The zero-order valence-electron chi connectivity index (χ0n) is 13.9. The second-order valence-electron chi connectivity index (χ2n) is 7.07. The van der Waals surface area contributed by atoms with E-state index in [1.165, 1.54) is 0 Å². The normalized spacial score (nSPS) is 28.8. The van der Waals surface area contributed by atoms with Gasteiger partial charge in [-0.05, 0) is 46.7 Å². The van der Waals surface area contributed by atoms with Crippen LogP contribution in [0.4, 0.5) is 0 Å². The summed E-state index contributed by atoms with van der Waals surface area (Å²) in [6, 6.07) is -0.0928. The van der Waals surface area contributed by atoms with Crippen molar-refractivity contribution in [1.82, 2.24) is 9.80 Å². The largest absolute Gasteiger partial charge is 0.459 e. The van der Waals surface area contributed by atoms with Gasteiger partial charge in [-0.3, -0.25) is 14.6 Å². The number of ether oxygens (including phenoxy) is 2. The van der Waals surface area contributed by atoms with Crippen LogP contribution in [0.2, 0.25) is 0 Å². The Hall–Kier alpha value is -0.650. The Morgan fingerprint density at radius 2 is 2.10 bits per heavy atom. The van der Waals surface area contributed by atoms with Gasteiger partial charge in [-0.2, -0.15) is 0 Å². The molecule has 2 aliphatic heterocycles. The van der Waals surface area contributed by atoms with E-state index in [-0.39, 0.29) is 18.1 Å². The number of likely N-dealkylation sites (N-methyl/N-ethyl adjacent to an activating group) is 1. The van der Waals surface area contributed by atoms with E-state index in [2.05, 4.69) is 16.7 Å². The van der Waals surface area contributed by atoms with Gasteiger partial charge in [0.2, 0.25) is 0 Å². The molecule has 5 heteroatoms. The molecule has 0 saturated carbocycles. The Balaban J connectivity index is 1.88. The molecule has 122 valence electrons. The molecule has 0 aromatic rings. The molecule has 0 amide bonds. The van der Waals surface area contributed by atoms with Crippen LogP contribution in [0.15, 0.2) is 0 Å². The lowest BCUT2D eigenvalue weighted by Crippen LogP contribution is -2.50. The first-order valence-electron chi connectivity index (χ1n) is 8.20. The average Bonchev–Trinajstić information content (AvgIpc) is 2.85. The first-order valence-corrected chi connectivity index (χ1v) is 8.20. The average molecular weight is 298 g/mol. The van der Waals surface area contributed by atoms with Gasteiger partial charge in [-0.15, -0.1) is 0 Å². The maximum atomic E-state index is 12.3. The highest BCUT2D eigenvalue weighted by molar-refractivity contribution is 5.76. The number of esters is 1. The van der Waals surface area contributed by atoms with Crippen LogP contribution >= 0.6 is 0 Å². The van der Waals surface area contributed by atoms with Crippen molar-refractivity contribution in [3.63, 3.8) is 0 Å². The first kappa shape index (κ1) is 16.7. The minimum absolute atomic E-state index is 0.0804. The molecule has 0 spiro atoms. The van der Waals surface area contributed by atoms with Crippen LogP contribution in [0.5, 0.6) is 0 Å². The third-order valence-electron chi connectivity index (χ3n) is 4.15. The topological polar surface area (TPSA) is 42.0 Å². The van der Waals surface area contributed by atoms with E-state index in [9.17, 15) is 4.79 Å². The Labute approximate surface area is 128 Å². The standard InChI is InChI=1S/C16H30N2O3/c1-5-17-9-10-20-13(11-17)12-18-8-6-7-14(18)15(19)21-16(2,3)4/h13-14H,5-12H2,1-4H3/t13?,14-/m0/s1. The number of hydrogen-bond acceptors (Lipinski definition) is 5. The second kappa shape index (κ2) is 7.07. The van der Waals surface area contributed by atoms with Gasteiger partial charge in [-0.1, -0.05) is 6.92 Å². The van der Waals surface area contributed by atoms with Crippen LogP contribution in [-0.2, 0) is 14.3 Å². The van der Waals surface area contributed by atoms with Crippen molar-refractivity contribution in [2.24, 2.45) is 0 Å². The number of carbonyl (C=O) groups excluding carboxylic acids is 1. The molecule has 0 bridgehead atoms. The van der Waals surface area contributed by atoms with E-state index in [4.69, 9.17) is 9.47 Å². The minimum atomic E-state index is -0.411. The first-order chi connectivity index (χ1) is 9.89. The van der Waals surface area contributed by atoms with Crippen molar-refractivity contribution < 1.29 is 14.3 Å². The lowest BCUT2D eigenvalue weighted by atomic mass is 10.1. The van der Waals surface area contributed by atoms with E-state index in [1.807, 2.05) is 20.8 Å². The van der Waals surface area contributed by atoms with Gasteiger partial charge >= 0.3 is 5.97 Å². The van der Waals surface area contributed by atoms with Gasteiger partial charge < -0.3 is 9.47 Å². The molecule has 0 aromatic heterocycles. The van der Waals surface area contributed by atoms with E-state index in [1.54, 1.807) is 0 Å². The molecule has 2 saturated heterocycles. The summed E-state index contributed by atoms with van der Waals surface area (Å²) in [5, 5.41) is 0. The molecule has 2 rings (SSSR count). The van der Waals surface area contributed by atoms with Crippen LogP contribution < -0.4 is 0 Å². The van der Waals surface area contributed by atoms with Gasteiger partial charge in [0.1, 0.15) is 11.6 Å². The molecule has 2 heterocycles. The second-order valence-corrected chi connectivity index (χ2v) is 7.07. The third-order valence-corrected chi connectivity index (χ3v) is 4.15. The number of carbonyl (C=O) groups is 1. The Kier molecular flexibility index (Phi) is 5.63. The van der Waals surface area contributed by atoms with E-state index >= 15 is 0 Å². The molecule has 21 heavy (non-hydrogen) atoms. The van der Waals surface area contributed by atoms with Crippen molar-refractivity contribution in [1.29, 1.82) is 0 Å². The zero-order chi connectivity index (χ0) is 15.5. The fourth-order valence-corrected chi connectivity index (χ4v) is 3.12. The van der Waals surface area contributed by atoms with Crippen molar-refractivity contribution in [3.8, 4) is 0 Å². The van der Waals surface area contributed by atoms with Gasteiger partial charge in [-0.25, -0.2) is 0 Å². The molecule has 2 aliphatic rings. The van der Waals surface area contributed by atoms with Crippen LogP contribution in [0, 0.1) is 0 Å². The highest BCUT2D eigenvalue weighted by Crippen LogP contribution is 2.22. The lowest BCUT2D eigenvalue weighted by Gasteiger charge is -2.35. The van der Waals surface area contributed by atoms with Crippen LogP contribution in [0.3, 0.4) is 0 Å². The van der Waals surface area contributed by atoms with Crippen molar-refractivity contribution in [2.75, 3.05) is 39.3 Å². The molecule has 2 fully saturated rings. The predicted octanol–water partition coefficient (Wildman–Crippen LogP) is 1.51. The van der Waals surface area contributed by atoms with Gasteiger partial charge in [0.15, 0.2) is 0 Å². The Bertz CT molecular complexity index is 354. The highest BCUT2D eigenvalue weighted by Gasteiger charge is 2.36. The van der Waals surface area contributed by atoms with Gasteiger partial charge in [0.05, 0.1) is 12.7 Å². The number of rotatable bonds is 4. The van der Waals surface area contributed by atoms with E-state index in [0.29, 0.717) is 0 Å². The molecular weight excluding hydrogens is 268 g/mol. The number of nitrogens with zero attached hydrogens (tertiary/aromatic N) is 2. The molecule has 0 aromatic carbocycles. The predicted molar refractivity (Wildman–Crippen MR) is 82.3 cm³/mol. The van der Waals surface area contributed by atoms with Crippen molar-refractivity contribution in [3.05, 3.63) is 0 Å². The smallest absolute Gasteiger partial charge is 0.323 e. The van der Waals surface area contributed by atoms with Crippen LogP contribution in [-0.4, -0.2) is 72.8 Å². The fraction of sp³-hybridized carbons (Fsp3) is 0.938. The fourth-order valence-electron chi connectivity index (χ4n) is 3.12. The van der Waals surface area contributed by atoms with Crippen molar-refractivity contribution in [2.45, 2.75) is 58.3 Å². The van der Waals surface area contributed by atoms with Crippen LogP contribution in [0.1, 0.15) is 40.5 Å². The number of likely N-dealkylation sites (tertiary alicyclic amines) is 1. The number of morpholine rings is 1. The molecular formula is C16H30N2O3. The maximum absolute atomic E-state index is 12.3. The van der Waals surface area contributed by atoms with Crippen LogP contribution in [0.25, 0.3) is 0 Å². The SMILES string of the molecule is CCN1CCOC(CN2CCC[C@H]2C(=O)OC(C)(C)C)C1. The maximum Gasteiger partial charge on any atom is 0.323 e. The summed E-state index contributed by atoms with van der Waals surface area (Å²) in [5.41, 5.74) is -0.411.